The molecule has 8 aromatic rings. The van der Waals surface area contributed by atoms with Crippen molar-refractivity contribution in [2.24, 2.45) is 0 Å². The Labute approximate surface area is 295 Å². The normalized spacial score (nSPS) is 19.2. The molecule has 0 radical (unpaired) electrons. The zero-order valence-corrected chi connectivity index (χ0v) is 27.8. The molecule has 3 aromatic heterocycles. The first-order chi connectivity index (χ1) is 25.3. The molecule has 5 heterocycles. The summed E-state index contributed by atoms with van der Waals surface area (Å²) < 4.78 is 4.74. The number of allylic oxidation sites excluding steroid dienone is 4. The quantitative estimate of drug-likeness (QED) is 0.205. The number of pyridine rings is 1. The summed E-state index contributed by atoms with van der Waals surface area (Å²) in [4.78, 5) is 7.96. The van der Waals surface area contributed by atoms with Crippen LogP contribution in [0.4, 0.5) is 11.5 Å². The minimum atomic E-state index is -0.0969. The SMILES string of the molecule is C1=CC(c2cccc(N3c4c(ccc5c4c4ccccc4n5-c4ccccc4)C4C=CC=CC43)n2)NC(n2c3ccccc3c3ccccc32)=C1. The van der Waals surface area contributed by atoms with Crippen LogP contribution in [-0.2, 0) is 0 Å². The Hall–Kier alpha value is -6.59. The number of hydrogen-bond donors (Lipinski definition) is 1. The number of rotatable bonds is 4. The van der Waals surface area contributed by atoms with E-state index < -0.39 is 0 Å². The monoisotopic (exact) mass is 655 g/mol. The van der Waals surface area contributed by atoms with Crippen LogP contribution in [0.15, 0.2) is 176 Å². The Morgan fingerprint density at radius 3 is 2.00 bits per heavy atom. The van der Waals surface area contributed by atoms with Gasteiger partial charge in [-0.3, -0.25) is 4.57 Å². The number of fused-ring (bicyclic) bond motifs is 10. The zero-order valence-electron chi connectivity index (χ0n) is 27.8. The van der Waals surface area contributed by atoms with Crippen molar-refractivity contribution in [3.8, 4) is 5.69 Å². The molecule has 11 rings (SSSR count). The van der Waals surface area contributed by atoms with Crippen molar-refractivity contribution in [3.63, 3.8) is 0 Å². The summed E-state index contributed by atoms with van der Waals surface area (Å²) in [5.41, 5.74) is 9.49. The second kappa shape index (κ2) is 11.0. The third-order valence-electron chi connectivity index (χ3n) is 10.9. The average Bonchev–Trinajstić information content (AvgIpc) is 3.84. The Balaban J connectivity index is 1.05. The second-order valence-electron chi connectivity index (χ2n) is 13.6. The first-order valence-corrected chi connectivity index (χ1v) is 17.7. The standard InChI is InChI=1S/C46H33N5/c1-2-14-30(15-3-1)49-41-25-11-7-19-35(41)45-42(49)29-28-34-33-18-6-10-24-40(33)51(46(34)45)44-27-13-21-37(48-44)36-20-12-26-43(47-36)50-38-22-8-4-16-31(38)32-17-5-9-23-39(32)50/h1-29,33,36,40,47H. The van der Waals surface area contributed by atoms with Gasteiger partial charge in [-0.15, -0.1) is 0 Å². The van der Waals surface area contributed by atoms with Crippen LogP contribution in [0, 0.1) is 0 Å². The average molecular weight is 656 g/mol. The second-order valence-corrected chi connectivity index (χ2v) is 13.6. The van der Waals surface area contributed by atoms with Crippen LogP contribution in [0.3, 0.4) is 0 Å². The maximum absolute atomic E-state index is 5.47. The van der Waals surface area contributed by atoms with Crippen LogP contribution in [-0.4, -0.2) is 20.2 Å². The molecule has 5 heteroatoms. The molecule has 1 N–H and O–H groups in total. The van der Waals surface area contributed by atoms with E-state index in [2.05, 4.69) is 195 Å². The molecule has 0 bridgehead atoms. The molecule has 1 aliphatic carbocycles. The van der Waals surface area contributed by atoms with E-state index in [1.165, 1.54) is 54.9 Å². The lowest BCUT2D eigenvalue weighted by Gasteiger charge is -2.29. The largest absolute Gasteiger partial charge is 0.359 e. The Morgan fingerprint density at radius 1 is 0.529 bits per heavy atom. The van der Waals surface area contributed by atoms with Crippen LogP contribution < -0.4 is 10.2 Å². The molecule has 51 heavy (non-hydrogen) atoms. The number of benzene rings is 5. The minimum Gasteiger partial charge on any atom is -0.359 e. The summed E-state index contributed by atoms with van der Waals surface area (Å²) in [6, 6.07) is 48.0. The van der Waals surface area contributed by atoms with Crippen LogP contribution in [0.25, 0.3) is 55.1 Å². The highest BCUT2D eigenvalue weighted by molar-refractivity contribution is 6.17. The lowest BCUT2D eigenvalue weighted by Crippen LogP contribution is -2.30. The topological polar surface area (TPSA) is 38.0 Å². The summed E-state index contributed by atoms with van der Waals surface area (Å²) >= 11 is 0. The van der Waals surface area contributed by atoms with Crippen molar-refractivity contribution in [1.82, 2.24) is 19.4 Å². The highest BCUT2D eigenvalue weighted by Crippen LogP contribution is 2.52. The van der Waals surface area contributed by atoms with E-state index in [9.17, 15) is 0 Å². The number of aromatic nitrogens is 3. The van der Waals surface area contributed by atoms with E-state index in [0.29, 0.717) is 0 Å². The van der Waals surface area contributed by atoms with E-state index >= 15 is 0 Å². The predicted octanol–water partition coefficient (Wildman–Crippen LogP) is 10.7. The molecule has 0 saturated heterocycles. The Morgan fingerprint density at radius 2 is 1.22 bits per heavy atom. The van der Waals surface area contributed by atoms with Crippen molar-refractivity contribution in [2.75, 3.05) is 4.90 Å². The molecular weight excluding hydrogens is 623 g/mol. The molecule has 5 aromatic carbocycles. The Kier molecular flexibility index (Phi) is 6.07. The van der Waals surface area contributed by atoms with E-state index in [1.807, 2.05) is 0 Å². The van der Waals surface area contributed by atoms with Crippen molar-refractivity contribution in [2.45, 2.75) is 18.0 Å². The molecule has 3 aliphatic rings. The lowest BCUT2D eigenvalue weighted by atomic mass is 9.91. The van der Waals surface area contributed by atoms with Gasteiger partial charge in [0, 0.05) is 33.2 Å². The number of dihydropyridines is 1. The van der Waals surface area contributed by atoms with Crippen LogP contribution in [0.1, 0.15) is 23.2 Å². The van der Waals surface area contributed by atoms with Gasteiger partial charge in [-0.25, -0.2) is 4.98 Å². The molecule has 5 nitrogen and oxygen atoms in total. The van der Waals surface area contributed by atoms with Gasteiger partial charge in [-0.1, -0.05) is 121 Å². The Bertz CT molecular complexity index is 2760. The number of hydrogen-bond acceptors (Lipinski definition) is 3. The first-order valence-electron chi connectivity index (χ1n) is 17.7. The van der Waals surface area contributed by atoms with Gasteiger partial charge in [0.2, 0.25) is 0 Å². The van der Waals surface area contributed by atoms with Gasteiger partial charge in [0.1, 0.15) is 11.6 Å². The maximum atomic E-state index is 5.47. The number of para-hydroxylation sites is 4. The van der Waals surface area contributed by atoms with Gasteiger partial charge in [0.05, 0.1) is 45.5 Å². The fourth-order valence-electron chi connectivity index (χ4n) is 8.74. The van der Waals surface area contributed by atoms with Crippen molar-refractivity contribution in [1.29, 1.82) is 0 Å². The fraction of sp³-hybridized carbons (Fsp3) is 0.0652. The summed E-state index contributed by atoms with van der Waals surface area (Å²) in [5, 5.41) is 8.87. The molecule has 3 atom stereocenters. The van der Waals surface area contributed by atoms with Gasteiger partial charge < -0.3 is 14.8 Å². The van der Waals surface area contributed by atoms with Gasteiger partial charge >= 0.3 is 0 Å². The number of nitrogens with one attached hydrogen (secondary N) is 1. The fourth-order valence-corrected chi connectivity index (χ4v) is 8.74. The third kappa shape index (κ3) is 4.12. The predicted molar refractivity (Wildman–Crippen MR) is 211 cm³/mol. The summed E-state index contributed by atoms with van der Waals surface area (Å²) in [6.07, 6.45) is 15.6. The van der Waals surface area contributed by atoms with E-state index in [1.54, 1.807) is 0 Å². The number of anilines is 2. The molecule has 242 valence electrons. The van der Waals surface area contributed by atoms with Crippen molar-refractivity contribution < 1.29 is 0 Å². The molecule has 0 fully saturated rings. The highest BCUT2D eigenvalue weighted by Gasteiger charge is 2.40. The van der Waals surface area contributed by atoms with E-state index in [-0.39, 0.29) is 18.0 Å². The van der Waals surface area contributed by atoms with Gasteiger partial charge in [-0.05, 0) is 60.2 Å². The minimum absolute atomic E-state index is 0.0969. The number of nitrogens with zero attached hydrogens (tertiary/aromatic N) is 4. The third-order valence-corrected chi connectivity index (χ3v) is 10.9. The summed E-state index contributed by atoms with van der Waals surface area (Å²) in [6.45, 7) is 0. The zero-order chi connectivity index (χ0) is 33.5. The van der Waals surface area contributed by atoms with Gasteiger partial charge in [-0.2, -0.15) is 0 Å². The highest BCUT2D eigenvalue weighted by atomic mass is 15.3. The van der Waals surface area contributed by atoms with Crippen LogP contribution in [0.2, 0.25) is 0 Å². The van der Waals surface area contributed by atoms with Crippen LogP contribution >= 0.6 is 0 Å². The van der Waals surface area contributed by atoms with E-state index in [0.717, 1.165) is 23.0 Å². The molecule has 0 spiro atoms. The lowest BCUT2D eigenvalue weighted by molar-refractivity contribution is 0.702. The molecule has 3 unspecified atom stereocenters. The first kappa shape index (κ1) is 28.3. The van der Waals surface area contributed by atoms with Crippen molar-refractivity contribution in [3.05, 3.63) is 187 Å². The van der Waals surface area contributed by atoms with Gasteiger partial charge in [0.25, 0.3) is 0 Å². The van der Waals surface area contributed by atoms with Crippen molar-refractivity contribution >= 4 is 60.9 Å². The van der Waals surface area contributed by atoms with Crippen LogP contribution in [0.5, 0.6) is 0 Å². The molecular formula is C46H33N5. The maximum Gasteiger partial charge on any atom is 0.133 e. The summed E-state index contributed by atoms with van der Waals surface area (Å²) in [5.74, 6) is 2.22. The molecule has 2 aliphatic heterocycles. The molecule has 0 saturated carbocycles. The van der Waals surface area contributed by atoms with Gasteiger partial charge in [0.15, 0.2) is 0 Å². The summed E-state index contributed by atoms with van der Waals surface area (Å²) in [7, 11) is 0. The molecule has 0 amide bonds. The van der Waals surface area contributed by atoms with E-state index in [4.69, 9.17) is 4.98 Å². The smallest absolute Gasteiger partial charge is 0.133 e.